The molecule has 0 fully saturated rings. The summed E-state index contributed by atoms with van der Waals surface area (Å²) < 4.78 is 3.87. The molecule has 0 radical (unpaired) electrons. The number of aryl methyl sites for hydroxylation is 1. The van der Waals surface area contributed by atoms with Gasteiger partial charge >= 0.3 is 0 Å². The third-order valence-corrected chi connectivity index (χ3v) is 1.89. The van der Waals surface area contributed by atoms with E-state index in [-0.39, 0.29) is 0 Å². The number of aromatic nitrogens is 1. The van der Waals surface area contributed by atoms with Crippen LogP contribution in [-0.2, 0) is 0 Å². The molecule has 0 aliphatic heterocycles. The Hall–Kier alpha value is -0.410. The van der Waals surface area contributed by atoms with Gasteiger partial charge in [0.05, 0.1) is 11.3 Å². The highest BCUT2D eigenvalue weighted by Gasteiger charge is 2.06. The molecule has 9 heavy (non-hydrogen) atoms. The molecular formula is C5H4ClNOS. The van der Waals surface area contributed by atoms with Gasteiger partial charge in [0, 0.05) is 5.38 Å². The minimum Gasteiger partial charge on any atom is -0.276 e. The zero-order valence-corrected chi connectivity index (χ0v) is 6.29. The minimum absolute atomic E-state index is 0.429. The van der Waals surface area contributed by atoms with Crippen molar-refractivity contribution in [3.8, 4) is 0 Å². The van der Waals surface area contributed by atoms with Crippen molar-refractivity contribution in [3.05, 3.63) is 16.6 Å². The molecule has 1 aromatic heterocycles. The van der Waals surface area contributed by atoms with E-state index in [1.807, 2.05) is 0 Å². The van der Waals surface area contributed by atoms with Gasteiger partial charge in [0.15, 0.2) is 0 Å². The van der Waals surface area contributed by atoms with Crippen LogP contribution in [-0.4, -0.2) is 9.62 Å². The van der Waals surface area contributed by atoms with Gasteiger partial charge in [-0.3, -0.25) is 4.79 Å². The Bertz CT molecular complexity index is 233. The predicted octanol–water partition coefficient (Wildman–Crippen LogP) is 1.83. The van der Waals surface area contributed by atoms with Gasteiger partial charge in [-0.15, -0.1) is 0 Å². The van der Waals surface area contributed by atoms with E-state index in [4.69, 9.17) is 11.6 Å². The molecule has 4 heteroatoms. The van der Waals surface area contributed by atoms with Crippen LogP contribution in [0.25, 0.3) is 0 Å². The lowest BCUT2D eigenvalue weighted by molar-refractivity contribution is 0.108. The van der Waals surface area contributed by atoms with Crippen LogP contribution in [0.15, 0.2) is 5.38 Å². The second kappa shape index (κ2) is 2.45. The fourth-order valence-corrected chi connectivity index (χ4v) is 1.43. The number of carbonyl (C=O) groups is 1. The van der Waals surface area contributed by atoms with E-state index in [2.05, 4.69) is 4.37 Å². The maximum atomic E-state index is 10.5. The molecule has 0 bridgehead atoms. The highest BCUT2D eigenvalue weighted by molar-refractivity contribution is 7.04. The normalized spacial score (nSPS) is 9.56. The van der Waals surface area contributed by atoms with E-state index in [1.165, 1.54) is 11.5 Å². The summed E-state index contributed by atoms with van der Waals surface area (Å²) >= 11 is 6.42. The van der Waals surface area contributed by atoms with Crippen LogP contribution in [0.4, 0.5) is 0 Å². The Morgan fingerprint density at radius 1 is 1.89 bits per heavy atom. The number of nitrogens with zero attached hydrogens (tertiary/aromatic N) is 1. The quantitative estimate of drug-likeness (QED) is 0.589. The molecule has 0 amide bonds. The lowest BCUT2D eigenvalue weighted by atomic mass is 10.3. The number of carbonyl (C=O) groups excluding carboxylic acids is 1. The molecule has 0 aliphatic carbocycles. The average Bonchev–Trinajstić information content (AvgIpc) is 2.13. The standard InChI is InChI=1S/C5H4ClNOS/c1-3-4(5(6)8)2-9-7-3/h2H,1H3. The Morgan fingerprint density at radius 2 is 2.56 bits per heavy atom. The summed E-state index contributed by atoms with van der Waals surface area (Å²) in [5, 5.41) is 1.21. The van der Waals surface area contributed by atoms with E-state index in [0.717, 1.165) is 0 Å². The monoisotopic (exact) mass is 161 g/mol. The molecule has 1 heterocycles. The summed E-state index contributed by atoms with van der Waals surface area (Å²) in [5.41, 5.74) is 1.22. The molecule has 0 unspecified atom stereocenters. The van der Waals surface area contributed by atoms with Crippen molar-refractivity contribution in [2.24, 2.45) is 0 Å². The molecule has 0 atom stereocenters. The summed E-state index contributed by atoms with van der Waals surface area (Å²) in [7, 11) is 0. The number of hydrogen-bond acceptors (Lipinski definition) is 3. The molecule has 0 aromatic carbocycles. The first-order chi connectivity index (χ1) is 4.22. The highest BCUT2D eigenvalue weighted by Crippen LogP contribution is 2.10. The molecule has 0 aliphatic rings. The van der Waals surface area contributed by atoms with Crippen LogP contribution in [0.2, 0.25) is 0 Å². The predicted molar refractivity (Wildman–Crippen MR) is 37.0 cm³/mol. The van der Waals surface area contributed by atoms with Crippen molar-refractivity contribution in [2.45, 2.75) is 6.92 Å². The highest BCUT2D eigenvalue weighted by atomic mass is 35.5. The van der Waals surface area contributed by atoms with Crippen LogP contribution >= 0.6 is 23.1 Å². The molecule has 1 aromatic rings. The Morgan fingerprint density at radius 3 is 2.78 bits per heavy atom. The van der Waals surface area contributed by atoms with Crippen molar-refractivity contribution in [3.63, 3.8) is 0 Å². The van der Waals surface area contributed by atoms with Crippen LogP contribution in [0.5, 0.6) is 0 Å². The SMILES string of the molecule is Cc1nscc1C(=O)Cl. The van der Waals surface area contributed by atoms with E-state index < -0.39 is 5.24 Å². The minimum atomic E-state index is -0.429. The van der Waals surface area contributed by atoms with E-state index >= 15 is 0 Å². The lowest BCUT2D eigenvalue weighted by Gasteiger charge is -1.83. The fourth-order valence-electron chi connectivity index (χ4n) is 0.481. The summed E-state index contributed by atoms with van der Waals surface area (Å²) in [6.07, 6.45) is 0. The molecule has 2 nitrogen and oxygen atoms in total. The molecule has 0 N–H and O–H groups in total. The third kappa shape index (κ3) is 1.28. The number of halogens is 1. The van der Waals surface area contributed by atoms with E-state index in [9.17, 15) is 4.79 Å². The molecule has 0 saturated heterocycles. The van der Waals surface area contributed by atoms with Crippen molar-refractivity contribution in [1.82, 2.24) is 4.37 Å². The maximum absolute atomic E-state index is 10.5. The molecule has 0 saturated carbocycles. The van der Waals surface area contributed by atoms with E-state index in [0.29, 0.717) is 11.3 Å². The number of rotatable bonds is 1. The lowest BCUT2D eigenvalue weighted by Crippen LogP contribution is -1.87. The van der Waals surface area contributed by atoms with Crippen molar-refractivity contribution in [2.75, 3.05) is 0 Å². The summed E-state index contributed by atoms with van der Waals surface area (Å²) in [6.45, 7) is 1.76. The van der Waals surface area contributed by atoms with Gasteiger partial charge in [-0.2, -0.15) is 4.37 Å². The topological polar surface area (TPSA) is 30.0 Å². The van der Waals surface area contributed by atoms with Gasteiger partial charge in [0.1, 0.15) is 0 Å². The zero-order valence-electron chi connectivity index (χ0n) is 4.72. The van der Waals surface area contributed by atoms with Crippen LogP contribution < -0.4 is 0 Å². The fraction of sp³-hybridized carbons (Fsp3) is 0.200. The van der Waals surface area contributed by atoms with Gasteiger partial charge < -0.3 is 0 Å². The molecule has 48 valence electrons. The van der Waals surface area contributed by atoms with Crippen molar-refractivity contribution < 1.29 is 4.79 Å². The summed E-state index contributed by atoms with van der Waals surface area (Å²) in [6, 6.07) is 0. The van der Waals surface area contributed by atoms with Gasteiger partial charge in [-0.1, -0.05) is 0 Å². The van der Waals surface area contributed by atoms with Gasteiger partial charge in [0.2, 0.25) is 0 Å². The Kier molecular flexibility index (Phi) is 1.83. The smallest absolute Gasteiger partial charge is 0.255 e. The summed E-state index contributed by atoms with van der Waals surface area (Å²) in [4.78, 5) is 10.5. The number of hydrogen-bond donors (Lipinski definition) is 0. The second-order valence-electron chi connectivity index (χ2n) is 1.59. The van der Waals surface area contributed by atoms with E-state index in [1.54, 1.807) is 12.3 Å². The molecule has 0 spiro atoms. The second-order valence-corrected chi connectivity index (χ2v) is 2.56. The first kappa shape index (κ1) is 6.71. The zero-order chi connectivity index (χ0) is 6.85. The van der Waals surface area contributed by atoms with Gasteiger partial charge in [-0.25, -0.2) is 0 Å². The van der Waals surface area contributed by atoms with Gasteiger partial charge in [0.25, 0.3) is 5.24 Å². The van der Waals surface area contributed by atoms with Crippen LogP contribution in [0.3, 0.4) is 0 Å². The Labute approximate surface area is 61.6 Å². The largest absolute Gasteiger partial charge is 0.276 e. The maximum Gasteiger partial charge on any atom is 0.255 e. The third-order valence-electron chi connectivity index (χ3n) is 0.962. The Balaban J connectivity index is 3.08. The van der Waals surface area contributed by atoms with Crippen LogP contribution in [0.1, 0.15) is 16.1 Å². The van der Waals surface area contributed by atoms with Gasteiger partial charge in [-0.05, 0) is 30.1 Å². The molecule has 1 rings (SSSR count). The average molecular weight is 162 g/mol. The first-order valence-electron chi connectivity index (χ1n) is 2.32. The summed E-state index contributed by atoms with van der Waals surface area (Å²) in [5.74, 6) is 0. The van der Waals surface area contributed by atoms with Crippen molar-refractivity contribution in [1.29, 1.82) is 0 Å². The molecular weight excluding hydrogens is 158 g/mol. The van der Waals surface area contributed by atoms with Crippen molar-refractivity contribution >= 4 is 28.4 Å². The first-order valence-corrected chi connectivity index (χ1v) is 3.54. The van der Waals surface area contributed by atoms with Crippen LogP contribution in [0, 0.1) is 6.92 Å².